The molecule has 1 aromatic rings. The predicted octanol–water partition coefficient (Wildman–Crippen LogP) is 3.03. The monoisotopic (exact) mass is 308 g/mol. The normalized spacial score (nSPS) is 22.9. The predicted molar refractivity (Wildman–Crippen MR) is 78.2 cm³/mol. The fourth-order valence-corrected chi connectivity index (χ4v) is 2.67. The smallest absolute Gasteiger partial charge is 0.339 e. The summed E-state index contributed by atoms with van der Waals surface area (Å²) in [6.07, 6.45) is 4.60. The molecule has 2 amide bonds. The quantitative estimate of drug-likeness (QED) is 0.822. The van der Waals surface area contributed by atoms with E-state index in [0.29, 0.717) is 12.5 Å². The Morgan fingerprint density at radius 1 is 1.23 bits per heavy atom. The number of rotatable bonds is 5. The molecule has 0 aromatic heterocycles. The highest BCUT2D eigenvalue weighted by Crippen LogP contribution is 2.40. The number of amides is 2. The molecule has 1 aliphatic carbocycles. The highest BCUT2D eigenvalue weighted by Gasteiger charge is 2.33. The molecule has 2 atom stereocenters. The second-order valence-electron chi connectivity index (χ2n) is 5.86. The van der Waals surface area contributed by atoms with E-state index in [1.807, 2.05) is 0 Å². The van der Waals surface area contributed by atoms with E-state index in [1.165, 1.54) is 12.1 Å². The van der Waals surface area contributed by atoms with Gasteiger partial charge in [-0.1, -0.05) is 12.1 Å². The van der Waals surface area contributed by atoms with Crippen LogP contribution in [0.25, 0.3) is 0 Å². The lowest BCUT2D eigenvalue weighted by Gasteiger charge is -2.23. The van der Waals surface area contributed by atoms with E-state index in [1.54, 1.807) is 12.1 Å². The molecule has 22 heavy (non-hydrogen) atoms. The van der Waals surface area contributed by atoms with Crippen LogP contribution in [0.4, 0.5) is 9.18 Å². The van der Waals surface area contributed by atoms with Crippen molar-refractivity contribution in [3.8, 4) is 0 Å². The molecule has 2 aliphatic rings. The maximum absolute atomic E-state index is 13.0. The van der Waals surface area contributed by atoms with Gasteiger partial charge in [-0.25, -0.2) is 19.5 Å². The number of carbonyl (C=O) groups is 1. The third kappa shape index (κ3) is 4.18. The molecule has 5 nitrogen and oxygen atoms in total. The van der Waals surface area contributed by atoms with Gasteiger partial charge in [-0.2, -0.15) is 0 Å². The first-order chi connectivity index (χ1) is 10.7. The molecular weight excluding hydrogens is 287 g/mol. The van der Waals surface area contributed by atoms with E-state index in [-0.39, 0.29) is 18.1 Å². The number of hydrogen-bond donors (Lipinski definition) is 2. The van der Waals surface area contributed by atoms with Gasteiger partial charge >= 0.3 is 6.03 Å². The molecule has 0 bridgehead atoms. The third-order valence-electron chi connectivity index (χ3n) is 4.03. The van der Waals surface area contributed by atoms with Crippen LogP contribution >= 0.6 is 0 Å². The van der Waals surface area contributed by atoms with Crippen LogP contribution in [-0.2, 0) is 9.57 Å². The highest BCUT2D eigenvalue weighted by atomic mass is 19.1. The Labute approximate surface area is 129 Å². The zero-order chi connectivity index (χ0) is 15.4. The largest absolute Gasteiger partial charge is 0.350 e. The molecule has 0 radical (unpaired) electrons. The summed E-state index contributed by atoms with van der Waals surface area (Å²) >= 11 is 0. The summed E-state index contributed by atoms with van der Waals surface area (Å²) in [5, 5.41) is 2.90. The van der Waals surface area contributed by atoms with Crippen molar-refractivity contribution in [2.45, 2.75) is 44.4 Å². The molecule has 0 spiro atoms. The number of ether oxygens (including phenoxy) is 1. The Hall–Kier alpha value is -1.66. The molecule has 1 saturated carbocycles. The van der Waals surface area contributed by atoms with Crippen LogP contribution in [0.15, 0.2) is 24.3 Å². The number of nitrogens with one attached hydrogen (secondary N) is 2. The van der Waals surface area contributed by atoms with Crippen molar-refractivity contribution < 1.29 is 18.8 Å². The molecule has 3 rings (SSSR count). The van der Waals surface area contributed by atoms with Crippen molar-refractivity contribution in [3.63, 3.8) is 0 Å². The second-order valence-corrected chi connectivity index (χ2v) is 5.86. The van der Waals surface area contributed by atoms with Gasteiger partial charge in [0.05, 0.1) is 6.04 Å². The Morgan fingerprint density at radius 2 is 2.00 bits per heavy atom. The Balaban J connectivity index is 1.52. The molecule has 1 heterocycles. The molecule has 6 heteroatoms. The van der Waals surface area contributed by atoms with E-state index in [4.69, 9.17) is 9.57 Å². The van der Waals surface area contributed by atoms with Crippen LogP contribution in [0, 0.1) is 11.7 Å². The average Bonchev–Trinajstić information content (AvgIpc) is 3.37. The Bertz CT molecular complexity index is 499. The van der Waals surface area contributed by atoms with E-state index in [9.17, 15) is 9.18 Å². The molecule has 120 valence electrons. The van der Waals surface area contributed by atoms with Gasteiger partial charge in [0.1, 0.15) is 5.82 Å². The fraction of sp³-hybridized carbons (Fsp3) is 0.562. The molecular formula is C16H21FN2O3. The minimum atomic E-state index is -0.393. The van der Waals surface area contributed by atoms with Gasteiger partial charge in [0.2, 0.25) is 0 Å². The van der Waals surface area contributed by atoms with E-state index < -0.39 is 6.03 Å². The topological polar surface area (TPSA) is 59.6 Å². The van der Waals surface area contributed by atoms with Crippen LogP contribution < -0.4 is 10.8 Å². The SMILES string of the molecule is O=C(NO[C@H]1CCCCO1)N[C@@H](c1ccc(F)cc1)C1CC1. The summed E-state index contributed by atoms with van der Waals surface area (Å²) in [6.45, 7) is 0.661. The number of urea groups is 1. The summed E-state index contributed by atoms with van der Waals surface area (Å²) < 4.78 is 18.4. The van der Waals surface area contributed by atoms with Crippen molar-refractivity contribution in [1.82, 2.24) is 10.8 Å². The zero-order valence-electron chi connectivity index (χ0n) is 12.4. The van der Waals surface area contributed by atoms with Gasteiger partial charge < -0.3 is 10.1 Å². The minimum Gasteiger partial charge on any atom is -0.350 e. The van der Waals surface area contributed by atoms with Crippen molar-refractivity contribution in [2.24, 2.45) is 5.92 Å². The Kier molecular flexibility index (Phi) is 4.90. The van der Waals surface area contributed by atoms with Crippen LogP contribution in [0.1, 0.15) is 43.7 Å². The first kappa shape index (κ1) is 15.2. The summed E-state index contributed by atoms with van der Waals surface area (Å²) in [7, 11) is 0. The van der Waals surface area contributed by atoms with Crippen LogP contribution in [0.2, 0.25) is 0 Å². The summed E-state index contributed by atoms with van der Waals surface area (Å²) in [6, 6.07) is 5.74. The van der Waals surface area contributed by atoms with Crippen LogP contribution in [0.3, 0.4) is 0 Å². The van der Waals surface area contributed by atoms with Crippen molar-refractivity contribution in [3.05, 3.63) is 35.6 Å². The number of halogens is 1. The van der Waals surface area contributed by atoms with E-state index in [0.717, 1.165) is 37.7 Å². The maximum atomic E-state index is 13.0. The van der Waals surface area contributed by atoms with Crippen molar-refractivity contribution >= 4 is 6.03 Å². The summed E-state index contributed by atoms with van der Waals surface area (Å²) in [5.74, 6) is 0.127. The minimum absolute atomic E-state index is 0.114. The van der Waals surface area contributed by atoms with Crippen molar-refractivity contribution in [2.75, 3.05) is 6.61 Å². The standard InChI is InChI=1S/C16H21FN2O3/c17-13-8-6-12(7-9-13)15(11-4-5-11)18-16(20)19-22-14-3-1-2-10-21-14/h6-9,11,14-15H,1-5,10H2,(H2,18,19,20)/t14-,15+/m0/s1. The van der Waals surface area contributed by atoms with E-state index >= 15 is 0 Å². The van der Waals surface area contributed by atoms with Gasteiger partial charge in [-0.3, -0.25) is 0 Å². The van der Waals surface area contributed by atoms with Crippen molar-refractivity contribution in [1.29, 1.82) is 0 Å². The van der Waals surface area contributed by atoms with Crippen LogP contribution in [0.5, 0.6) is 0 Å². The Morgan fingerprint density at radius 3 is 2.64 bits per heavy atom. The lowest BCUT2D eigenvalue weighted by molar-refractivity contribution is -0.186. The lowest BCUT2D eigenvalue weighted by atomic mass is 10.0. The van der Waals surface area contributed by atoms with Gasteiger partial charge in [-0.15, -0.1) is 0 Å². The fourth-order valence-electron chi connectivity index (χ4n) is 2.67. The molecule has 1 saturated heterocycles. The van der Waals surface area contributed by atoms with Gasteiger partial charge in [0.25, 0.3) is 0 Å². The molecule has 2 fully saturated rings. The molecule has 1 aromatic carbocycles. The number of carbonyl (C=O) groups excluding carboxylic acids is 1. The third-order valence-corrected chi connectivity index (χ3v) is 4.03. The van der Waals surface area contributed by atoms with Gasteiger partial charge in [0.15, 0.2) is 6.29 Å². The molecule has 2 N–H and O–H groups in total. The first-order valence-corrected chi connectivity index (χ1v) is 7.81. The van der Waals surface area contributed by atoms with Gasteiger partial charge in [0, 0.05) is 13.0 Å². The van der Waals surface area contributed by atoms with E-state index in [2.05, 4.69) is 10.8 Å². The zero-order valence-corrected chi connectivity index (χ0v) is 12.4. The number of hydrogen-bond acceptors (Lipinski definition) is 3. The highest BCUT2D eigenvalue weighted by molar-refractivity contribution is 5.73. The lowest BCUT2D eigenvalue weighted by Crippen LogP contribution is -2.41. The summed E-state index contributed by atoms with van der Waals surface area (Å²) in [4.78, 5) is 17.2. The number of hydroxylamine groups is 1. The maximum Gasteiger partial charge on any atom is 0.339 e. The second kappa shape index (κ2) is 7.07. The first-order valence-electron chi connectivity index (χ1n) is 7.81. The van der Waals surface area contributed by atoms with Crippen LogP contribution in [-0.4, -0.2) is 18.9 Å². The van der Waals surface area contributed by atoms with Gasteiger partial charge in [-0.05, 0) is 49.3 Å². The average molecular weight is 308 g/mol. The number of benzene rings is 1. The molecule has 0 unspecified atom stereocenters. The summed E-state index contributed by atoms with van der Waals surface area (Å²) in [5.41, 5.74) is 3.31. The molecule has 1 aliphatic heterocycles.